The van der Waals surface area contributed by atoms with Crippen molar-refractivity contribution in [2.75, 3.05) is 25.4 Å². The van der Waals surface area contributed by atoms with Crippen LogP contribution in [0.2, 0.25) is 5.15 Å². The van der Waals surface area contributed by atoms with Gasteiger partial charge in [-0.2, -0.15) is 0 Å². The average Bonchev–Trinajstić information content (AvgIpc) is 2.41. The summed E-state index contributed by atoms with van der Waals surface area (Å²) in [5, 5.41) is 0.274. The summed E-state index contributed by atoms with van der Waals surface area (Å²) in [6.45, 7) is 3.95. The van der Waals surface area contributed by atoms with E-state index < -0.39 is 0 Å². The number of carbonyl (C=O) groups is 1. The summed E-state index contributed by atoms with van der Waals surface area (Å²) in [5.74, 6) is -0.105. The molecule has 1 aromatic rings. The van der Waals surface area contributed by atoms with Gasteiger partial charge in [0.25, 0.3) is 5.91 Å². The Labute approximate surface area is 117 Å². The SMILES string of the molecule is CCOC1CCCN(C(=O)c2cc(Cl)ncc2N)C1. The number of amides is 1. The van der Waals surface area contributed by atoms with Gasteiger partial charge in [-0.1, -0.05) is 11.6 Å². The number of likely N-dealkylation sites (tertiary alicyclic amines) is 1. The smallest absolute Gasteiger partial charge is 0.256 e. The Morgan fingerprint density at radius 3 is 3.21 bits per heavy atom. The highest BCUT2D eigenvalue weighted by Gasteiger charge is 2.26. The Hall–Kier alpha value is -1.33. The van der Waals surface area contributed by atoms with Crippen molar-refractivity contribution in [3.63, 3.8) is 0 Å². The van der Waals surface area contributed by atoms with Crippen molar-refractivity contribution in [1.82, 2.24) is 9.88 Å². The van der Waals surface area contributed by atoms with Crippen LogP contribution in [0.4, 0.5) is 5.69 Å². The molecule has 6 heteroatoms. The van der Waals surface area contributed by atoms with Gasteiger partial charge in [0, 0.05) is 19.7 Å². The lowest BCUT2D eigenvalue weighted by Crippen LogP contribution is -2.43. The molecule has 19 heavy (non-hydrogen) atoms. The highest BCUT2D eigenvalue weighted by atomic mass is 35.5. The van der Waals surface area contributed by atoms with Gasteiger partial charge in [0.2, 0.25) is 0 Å². The zero-order valence-electron chi connectivity index (χ0n) is 10.9. The van der Waals surface area contributed by atoms with E-state index in [1.807, 2.05) is 6.92 Å². The van der Waals surface area contributed by atoms with Gasteiger partial charge >= 0.3 is 0 Å². The molecule has 0 aliphatic carbocycles. The molecule has 104 valence electrons. The number of nitrogen functional groups attached to an aromatic ring is 1. The Kier molecular flexibility index (Phi) is 4.61. The van der Waals surface area contributed by atoms with Crippen molar-refractivity contribution >= 4 is 23.2 Å². The molecule has 1 aliphatic rings. The number of halogens is 1. The first-order valence-electron chi connectivity index (χ1n) is 6.43. The monoisotopic (exact) mass is 283 g/mol. The van der Waals surface area contributed by atoms with Crippen LogP contribution in [0.1, 0.15) is 30.1 Å². The second-order valence-electron chi connectivity index (χ2n) is 4.57. The number of ether oxygens (including phenoxy) is 1. The number of pyridine rings is 1. The molecule has 1 aromatic heterocycles. The van der Waals surface area contributed by atoms with Crippen LogP contribution in [-0.4, -0.2) is 41.6 Å². The van der Waals surface area contributed by atoms with Crippen molar-refractivity contribution in [1.29, 1.82) is 0 Å². The number of rotatable bonds is 3. The van der Waals surface area contributed by atoms with Crippen LogP contribution >= 0.6 is 11.6 Å². The number of anilines is 1. The van der Waals surface area contributed by atoms with E-state index in [9.17, 15) is 4.79 Å². The van der Waals surface area contributed by atoms with Gasteiger partial charge in [-0.25, -0.2) is 4.98 Å². The quantitative estimate of drug-likeness (QED) is 0.861. The van der Waals surface area contributed by atoms with Gasteiger partial charge in [-0.15, -0.1) is 0 Å². The molecule has 1 saturated heterocycles. The summed E-state index contributed by atoms with van der Waals surface area (Å²) in [4.78, 5) is 18.1. The minimum Gasteiger partial charge on any atom is -0.397 e. The maximum absolute atomic E-state index is 12.4. The molecule has 1 fully saturated rings. The van der Waals surface area contributed by atoms with E-state index in [1.54, 1.807) is 4.90 Å². The predicted octanol–water partition coefficient (Wildman–Crippen LogP) is 1.96. The first-order chi connectivity index (χ1) is 9.11. The molecule has 2 N–H and O–H groups in total. The molecule has 1 atom stereocenters. The minimum atomic E-state index is -0.105. The highest BCUT2D eigenvalue weighted by molar-refractivity contribution is 6.29. The molecule has 0 aromatic carbocycles. The lowest BCUT2D eigenvalue weighted by molar-refractivity contribution is 0.00728. The third-order valence-electron chi connectivity index (χ3n) is 3.20. The minimum absolute atomic E-state index is 0.105. The van der Waals surface area contributed by atoms with Crippen LogP contribution in [0, 0.1) is 0 Å². The summed E-state index contributed by atoms with van der Waals surface area (Å²) in [6.07, 6.45) is 3.46. The van der Waals surface area contributed by atoms with E-state index in [0.29, 0.717) is 24.4 Å². The largest absolute Gasteiger partial charge is 0.397 e. The normalized spacial score (nSPS) is 19.5. The Morgan fingerprint density at radius 1 is 1.68 bits per heavy atom. The van der Waals surface area contributed by atoms with Crippen molar-refractivity contribution in [2.24, 2.45) is 0 Å². The Balaban J connectivity index is 2.12. The maximum atomic E-state index is 12.4. The van der Waals surface area contributed by atoms with Crippen molar-refractivity contribution in [3.8, 4) is 0 Å². The molecule has 0 radical (unpaired) electrons. The van der Waals surface area contributed by atoms with Gasteiger partial charge in [-0.3, -0.25) is 4.79 Å². The lowest BCUT2D eigenvalue weighted by atomic mass is 10.1. The molecular formula is C13H18ClN3O2. The second kappa shape index (κ2) is 6.21. The molecule has 2 heterocycles. The lowest BCUT2D eigenvalue weighted by Gasteiger charge is -2.32. The van der Waals surface area contributed by atoms with Crippen LogP contribution in [-0.2, 0) is 4.74 Å². The number of carbonyl (C=O) groups excluding carboxylic acids is 1. The summed E-state index contributed by atoms with van der Waals surface area (Å²) in [6, 6.07) is 1.52. The van der Waals surface area contributed by atoms with Gasteiger partial charge in [0.15, 0.2) is 0 Å². The third-order valence-corrected chi connectivity index (χ3v) is 3.41. The first-order valence-corrected chi connectivity index (χ1v) is 6.81. The van der Waals surface area contributed by atoms with E-state index in [2.05, 4.69) is 4.98 Å². The zero-order valence-corrected chi connectivity index (χ0v) is 11.7. The summed E-state index contributed by atoms with van der Waals surface area (Å²) in [5.41, 5.74) is 6.56. The predicted molar refractivity (Wildman–Crippen MR) is 74.2 cm³/mol. The highest BCUT2D eigenvalue weighted by Crippen LogP contribution is 2.20. The average molecular weight is 284 g/mol. The van der Waals surface area contributed by atoms with E-state index in [4.69, 9.17) is 22.1 Å². The number of nitrogens with zero attached hydrogens (tertiary/aromatic N) is 2. The van der Waals surface area contributed by atoms with E-state index >= 15 is 0 Å². The molecule has 1 amide bonds. The van der Waals surface area contributed by atoms with E-state index in [0.717, 1.165) is 19.4 Å². The van der Waals surface area contributed by atoms with Crippen LogP contribution < -0.4 is 5.73 Å². The first kappa shape index (κ1) is 14.1. The number of aromatic nitrogens is 1. The molecule has 0 spiro atoms. The topological polar surface area (TPSA) is 68.5 Å². The Bertz CT molecular complexity index is 465. The molecule has 0 bridgehead atoms. The molecule has 5 nitrogen and oxygen atoms in total. The Morgan fingerprint density at radius 2 is 2.47 bits per heavy atom. The molecular weight excluding hydrogens is 266 g/mol. The van der Waals surface area contributed by atoms with Gasteiger partial charge in [0.1, 0.15) is 5.15 Å². The van der Waals surface area contributed by atoms with Gasteiger partial charge in [-0.05, 0) is 25.8 Å². The summed E-state index contributed by atoms with van der Waals surface area (Å²) >= 11 is 5.82. The maximum Gasteiger partial charge on any atom is 0.256 e. The molecule has 2 rings (SSSR count). The van der Waals surface area contributed by atoms with Crippen LogP contribution in [0.5, 0.6) is 0 Å². The standard InChI is InChI=1S/C13H18ClN3O2/c1-2-19-9-4-3-5-17(8-9)13(18)10-6-12(14)16-7-11(10)15/h6-7,9H,2-5,8,15H2,1H3. The molecule has 1 unspecified atom stereocenters. The van der Waals surface area contributed by atoms with E-state index in [1.165, 1.54) is 12.3 Å². The van der Waals surface area contributed by atoms with Gasteiger partial charge in [0.05, 0.1) is 23.6 Å². The second-order valence-corrected chi connectivity index (χ2v) is 4.95. The number of hydrogen-bond acceptors (Lipinski definition) is 4. The van der Waals surface area contributed by atoms with E-state index in [-0.39, 0.29) is 17.2 Å². The van der Waals surface area contributed by atoms with Crippen LogP contribution in [0.3, 0.4) is 0 Å². The van der Waals surface area contributed by atoms with Crippen molar-refractivity contribution in [2.45, 2.75) is 25.9 Å². The van der Waals surface area contributed by atoms with Crippen molar-refractivity contribution < 1.29 is 9.53 Å². The van der Waals surface area contributed by atoms with Gasteiger partial charge < -0.3 is 15.4 Å². The number of nitrogens with two attached hydrogens (primary N) is 1. The van der Waals surface area contributed by atoms with Crippen LogP contribution in [0.15, 0.2) is 12.3 Å². The fourth-order valence-corrected chi connectivity index (χ4v) is 2.45. The van der Waals surface area contributed by atoms with Crippen molar-refractivity contribution in [3.05, 3.63) is 23.0 Å². The fourth-order valence-electron chi connectivity index (χ4n) is 2.29. The third kappa shape index (κ3) is 3.36. The summed E-state index contributed by atoms with van der Waals surface area (Å²) in [7, 11) is 0. The fraction of sp³-hybridized carbons (Fsp3) is 0.538. The number of hydrogen-bond donors (Lipinski definition) is 1. The zero-order chi connectivity index (χ0) is 13.8. The summed E-state index contributed by atoms with van der Waals surface area (Å²) < 4.78 is 5.59. The molecule has 1 aliphatic heterocycles. The molecule has 0 saturated carbocycles. The number of piperidine rings is 1. The van der Waals surface area contributed by atoms with Crippen LogP contribution in [0.25, 0.3) is 0 Å².